The molecule has 1 fully saturated rings. The van der Waals surface area contributed by atoms with Crippen LogP contribution in [0.3, 0.4) is 0 Å². The molecule has 1 aromatic carbocycles. The third-order valence-corrected chi connectivity index (χ3v) is 4.59. The van der Waals surface area contributed by atoms with E-state index < -0.39 is 5.60 Å². The van der Waals surface area contributed by atoms with Crippen molar-refractivity contribution in [2.45, 2.75) is 45.3 Å². The molecule has 0 radical (unpaired) electrons. The molecule has 7 nitrogen and oxygen atoms in total. The molecule has 0 bridgehead atoms. The van der Waals surface area contributed by atoms with Crippen molar-refractivity contribution in [3.63, 3.8) is 0 Å². The number of rotatable bonds is 5. The van der Waals surface area contributed by atoms with Gasteiger partial charge in [0.1, 0.15) is 12.2 Å². The third kappa shape index (κ3) is 4.84. The number of hydrogen-bond donors (Lipinski definition) is 1. The van der Waals surface area contributed by atoms with Gasteiger partial charge in [-0.15, -0.1) is 0 Å². The molecule has 1 N–H and O–H groups in total. The fourth-order valence-corrected chi connectivity index (χ4v) is 3.30. The van der Waals surface area contributed by atoms with Crippen molar-refractivity contribution >= 4 is 23.1 Å². The molecular formula is C21H29N3O4. The van der Waals surface area contributed by atoms with Gasteiger partial charge in [0, 0.05) is 18.1 Å². The Labute approximate surface area is 165 Å². The van der Waals surface area contributed by atoms with Crippen LogP contribution < -0.4 is 5.32 Å². The van der Waals surface area contributed by atoms with Crippen LogP contribution in [0.1, 0.15) is 31.9 Å². The normalized spacial score (nSPS) is 17.1. The molecule has 2 aromatic rings. The molecule has 152 valence electrons. The van der Waals surface area contributed by atoms with E-state index in [1.807, 2.05) is 53.2 Å². The van der Waals surface area contributed by atoms with Crippen LogP contribution in [0.5, 0.6) is 0 Å². The van der Waals surface area contributed by atoms with Gasteiger partial charge in [-0.1, -0.05) is 6.07 Å². The van der Waals surface area contributed by atoms with Crippen LogP contribution in [0.25, 0.3) is 10.9 Å². The molecule has 28 heavy (non-hydrogen) atoms. The summed E-state index contributed by atoms with van der Waals surface area (Å²) in [5.41, 5.74) is 2.47. The Hall–Kier alpha value is -2.54. The fourth-order valence-electron chi connectivity index (χ4n) is 3.30. The number of likely N-dealkylation sites (N-methyl/N-ethyl adjacent to an activating group) is 1. The number of hydrogen-bond acceptors (Lipinski definition) is 5. The van der Waals surface area contributed by atoms with Crippen LogP contribution in [-0.2, 0) is 22.3 Å². The van der Waals surface area contributed by atoms with E-state index in [4.69, 9.17) is 9.47 Å². The first-order valence-electron chi connectivity index (χ1n) is 9.56. The van der Waals surface area contributed by atoms with E-state index in [1.54, 1.807) is 4.57 Å². The number of alkyl carbamates (subject to hydrolysis) is 1. The lowest BCUT2D eigenvalue weighted by Crippen LogP contribution is -2.28. The van der Waals surface area contributed by atoms with Gasteiger partial charge in [-0.05, 0) is 71.0 Å². The molecule has 7 heteroatoms. The Balaban J connectivity index is 1.93. The minimum atomic E-state index is -0.557. The number of ether oxygens (including phenoxy) is 2. The number of cyclic esters (lactones) is 1. The van der Waals surface area contributed by atoms with Crippen LogP contribution in [0.15, 0.2) is 24.4 Å². The Kier molecular flexibility index (Phi) is 5.65. The quantitative estimate of drug-likeness (QED) is 0.853. The zero-order valence-electron chi connectivity index (χ0n) is 17.2. The van der Waals surface area contributed by atoms with E-state index in [2.05, 4.69) is 16.3 Å². The summed E-state index contributed by atoms with van der Waals surface area (Å²) < 4.78 is 12.1. The van der Waals surface area contributed by atoms with Gasteiger partial charge in [0.15, 0.2) is 0 Å². The number of benzene rings is 1. The molecule has 0 aliphatic carbocycles. The molecule has 1 amide bonds. The van der Waals surface area contributed by atoms with Crippen LogP contribution in [0.2, 0.25) is 0 Å². The second-order valence-corrected chi connectivity index (χ2v) is 8.55. The molecule has 1 aromatic heterocycles. The zero-order chi connectivity index (χ0) is 20.5. The number of carbonyl (C=O) groups is 2. The van der Waals surface area contributed by atoms with Crippen LogP contribution >= 0.6 is 0 Å². The van der Waals surface area contributed by atoms with Gasteiger partial charge in [0.05, 0.1) is 11.6 Å². The van der Waals surface area contributed by atoms with E-state index in [0.717, 1.165) is 35.0 Å². The highest BCUT2D eigenvalue weighted by Crippen LogP contribution is 2.26. The molecular weight excluding hydrogens is 358 g/mol. The highest BCUT2D eigenvalue weighted by Gasteiger charge is 2.24. The molecule has 3 rings (SSSR count). The highest BCUT2D eigenvalue weighted by atomic mass is 16.6. The van der Waals surface area contributed by atoms with Gasteiger partial charge in [-0.3, -0.25) is 4.57 Å². The monoisotopic (exact) mass is 387 g/mol. The predicted molar refractivity (Wildman–Crippen MR) is 108 cm³/mol. The van der Waals surface area contributed by atoms with Gasteiger partial charge in [-0.25, -0.2) is 9.59 Å². The number of carbonyl (C=O) groups excluding carboxylic acids is 2. The Morgan fingerprint density at radius 1 is 1.36 bits per heavy atom. The Morgan fingerprint density at radius 2 is 2.11 bits per heavy atom. The van der Waals surface area contributed by atoms with Gasteiger partial charge < -0.3 is 19.7 Å². The zero-order valence-corrected chi connectivity index (χ0v) is 17.2. The average molecular weight is 387 g/mol. The summed E-state index contributed by atoms with van der Waals surface area (Å²) in [7, 11) is 4.06. The van der Waals surface area contributed by atoms with Crippen LogP contribution in [-0.4, -0.2) is 60.5 Å². The number of amides is 1. The van der Waals surface area contributed by atoms with E-state index in [1.165, 1.54) is 0 Å². The first kappa shape index (κ1) is 20.2. The lowest BCUT2D eigenvalue weighted by atomic mass is 10.0. The van der Waals surface area contributed by atoms with Gasteiger partial charge in [0.25, 0.3) is 0 Å². The van der Waals surface area contributed by atoms with Crippen molar-refractivity contribution in [3.05, 3.63) is 35.5 Å². The minimum absolute atomic E-state index is 0.0249. The summed E-state index contributed by atoms with van der Waals surface area (Å²) in [5, 5.41) is 3.84. The number of nitrogens with zero attached hydrogens (tertiary/aromatic N) is 2. The van der Waals surface area contributed by atoms with Crippen LogP contribution in [0, 0.1) is 0 Å². The van der Waals surface area contributed by atoms with Crippen molar-refractivity contribution in [1.82, 2.24) is 14.8 Å². The first-order chi connectivity index (χ1) is 13.1. The van der Waals surface area contributed by atoms with Gasteiger partial charge in [-0.2, -0.15) is 0 Å². The summed E-state index contributed by atoms with van der Waals surface area (Å²) in [6, 6.07) is 6.02. The lowest BCUT2D eigenvalue weighted by molar-refractivity contribution is 0.0544. The standard InChI is InChI=1S/C21H29N3O4/c1-21(2,3)28-20(26)24-12-15(8-9-23(4)5)17-11-14(6-7-18(17)24)10-16-13-27-19(25)22-16/h6-7,11-12,16H,8-10,13H2,1-5H3,(H,22,25). The maximum atomic E-state index is 12.7. The lowest BCUT2D eigenvalue weighted by Gasteiger charge is -2.19. The Bertz CT molecular complexity index is 880. The topological polar surface area (TPSA) is 72.8 Å². The van der Waals surface area contributed by atoms with Gasteiger partial charge >= 0.3 is 12.2 Å². The summed E-state index contributed by atoms with van der Waals surface area (Å²) in [4.78, 5) is 26.1. The molecule has 1 aliphatic heterocycles. The van der Waals surface area contributed by atoms with E-state index >= 15 is 0 Å². The maximum Gasteiger partial charge on any atom is 0.419 e. The summed E-state index contributed by atoms with van der Waals surface area (Å²) >= 11 is 0. The summed E-state index contributed by atoms with van der Waals surface area (Å²) in [5.74, 6) is 0. The van der Waals surface area contributed by atoms with E-state index in [9.17, 15) is 9.59 Å². The number of fused-ring (bicyclic) bond motifs is 1. The molecule has 1 saturated heterocycles. The van der Waals surface area contributed by atoms with Gasteiger partial charge in [0.2, 0.25) is 0 Å². The van der Waals surface area contributed by atoms with Crippen LogP contribution in [0.4, 0.5) is 9.59 Å². The molecule has 1 atom stereocenters. The van der Waals surface area contributed by atoms with E-state index in [0.29, 0.717) is 13.0 Å². The molecule has 0 saturated carbocycles. The van der Waals surface area contributed by atoms with Crippen molar-refractivity contribution in [1.29, 1.82) is 0 Å². The number of aromatic nitrogens is 1. The molecule has 1 aliphatic rings. The summed E-state index contributed by atoms with van der Waals surface area (Å²) in [6.07, 6.45) is 2.65. The second-order valence-electron chi connectivity index (χ2n) is 8.55. The SMILES string of the molecule is CN(C)CCc1cn(C(=O)OC(C)(C)C)c2ccc(CC3COC(=O)N3)cc12. The predicted octanol–water partition coefficient (Wildman–Crippen LogP) is 3.18. The largest absolute Gasteiger partial charge is 0.447 e. The minimum Gasteiger partial charge on any atom is -0.447 e. The van der Waals surface area contributed by atoms with E-state index in [-0.39, 0.29) is 18.2 Å². The molecule has 1 unspecified atom stereocenters. The first-order valence-corrected chi connectivity index (χ1v) is 9.56. The fraction of sp³-hybridized carbons (Fsp3) is 0.524. The van der Waals surface area contributed by atoms with Crippen molar-refractivity contribution in [2.75, 3.05) is 27.2 Å². The van der Waals surface area contributed by atoms with Crippen molar-refractivity contribution in [2.24, 2.45) is 0 Å². The summed E-state index contributed by atoms with van der Waals surface area (Å²) in [6.45, 7) is 6.84. The highest BCUT2D eigenvalue weighted by molar-refractivity contribution is 5.92. The maximum absolute atomic E-state index is 12.7. The third-order valence-electron chi connectivity index (χ3n) is 4.59. The molecule has 2 heterocycles. The number of nitrogens with one attached hydrogen (secondary N) is 1. The average Bonchev–Trinajstić information content (AvgIpc) is 3.14. The van der Waals surface area contributed by atoms with Crippen molar-refractivity contribution < 1.29 is 19.1 Å². The van der Waals surface area contributed by atoms with Crippen molar-refractivity contribution in [3.8, 4) is 0 Å². The molecule has 0 spiro atoms. The smallest absolute Gasteiger partial charge is 0.419 e. The Morgan fingerprint density at radius 3 is 2.71 bits per heavy atom. The second kappa shape index (κ2) is 7.83.